The van der Waals surface area contributed by atoms with E-state index in [1.54, 1.807) is 18.2 Å². The van der Waals surface area contributed by atoms with Gasteiger partial charge < -0.3 is 10.6 Å². The van der Waals surface area contributed by atoms with Gasteiger partial charge in [-0.05, 0) is 34.9 Å². The molecule has 0 aliphatic carbocycles. The van der Waals surface area contributed by atoms with Crippen LogP contribution < -0.4 is 16.1 Å². The summed E-state index contributed by atoms with van der Waals surface area (Å²) >= 11 is 0. The number of carbonyl (C=O) groups excluding carboxylic acids is 3. The van der Waals surface area contributed by atoms with E-state index in [0.29, 0.717) is 0 Å². The third kappa shape index (κ3) is 5.25. The molecule has 1 atom stereocenters. The Bertz CT molecular complexity index is 825. The van der Waals surface area contributed by atoms with Crippen molar-refractivity contribution in [3.8, 4) is 0 Å². The van der Waals surface area contributed by atoms with E-state index in [9.17, 15) is 18.8 Å². The highest BCUT2D eigenvalue weighted by molar-refractivity contribution is 5.89. The molecule has 4 N–H and O–H groups in total. The highest BCUT2D eigenvalue weighted by atomic mass is 19.1. The first-order valence-electron chi connectivity index (χ1n) is 8.02. The molecule has 2 rings (SSSR count). The van der Waals surface area contributed by atoms with Crippen LogP contribution in [0.2, 0.25) is 0 Å². The average Bonchev–Trinajstić information content (AvgIpc) is 2.65. The van der Waals surface area contributed by atoms with Crippen LogP contribution in [0.4, 0.5) is 4.39 Å². The van der Waals surface area contributed by atoms with Crippen LogP contribution >= 0.6 is 0 Å². The van der Waals surface area contributed by atoms with Crippen LogP contribution in [0.15, 0.2) is 36.4 Å². The van der Waals surface area contributed by atoms with Gasteiger partial charge in [0.05, 0.1) is 12.5 Å². The van der Waals surface area contributed by atoms with Gasteiger partial charge in [0, 0.05) is 13.5 Å². The lowest BCUT2D eigenvalue weighted by Gasteiger charge is -2.16. The Hall–Kier alpha value is -3.00. The fourth-order valence-electron chi connectivity index (χ4n) is 2.60. The summed E-state index contributed by atoms with van der Waals surface area (Å²) in [6.07, 6.45) is -0.0160. The number of fused-ring (bicyclic) bond motifs is 1. The standard InChI is InChI=1S/C18H20FN3O4/c1-20-17(24)10-21-18(25)14(9-16(23)22-26)7-11-2-3-13-8-15(19)5-4-12(13)6-11/h2-6,8,14,26H,7,9-10H2,1H3,(H,20,24)(H,21,25)(H,22,23). The largest absolute Gasteiger partial charge is 0.358 e. The van der Waals surface area contributed by atoms with Gasteiger partial charge >= 0.3 is 0 Å². The minimum absolute atomic E-state index is 0.205. The normalized spacial score (nSPS) is 11.7. The van der Waals surface area contributed by atoms with Crippen molar-refractivity contribution in [2.75, 3.05) is 13.6 Å². The first kappa shape index (κ1) is 19.3. The second-order valence-corrected chi connectivity index (χ2v) is 5.86. The van der Waals surface area contributed by atoms with Crippen LogP contribution in [0.1, 0.15) is 12.0 Å². The fraction of sp³-hybridized carbons (Fsp3) is 0.278. The molecule has 0 fully saturated rings. The molecule has 0 aliphatic rings. The summed E-state index contributed by atoms with van der Waals surface area (Å²) in [6, 6.07) is 9.68. The molecule has 0 radical (unpaired) electrons. The Labute approximate surface area is 149 Å². The number of hydroxylamine groups is 1. The topological polar surface area (TPSA) is 108 Å². The quantitative estimate of drug-likeness (QED) is 0.434. The Morgan fingerprint density at radius 1 is 1.08 bits per heavy atom. The zero-order chi connectivity index (χ0) is 19.1. The van der Waals surface area contributed by atoms with E-state index in [0.717, 1.165) is 16.3 Å². The van der Waals surface area contributed by atoms with Crippen molar-refractivity contribution in [2.45, 2.75) is 12.8 Å². The number of halogens is 1. The fourth-order valence-corrected chi connectivity index (χ4v) is 2.60. The number of carbonyl (C=O) groups is 3. The molecular formula is C18H20FN3O4. The highest BCUT2D eigenvalue weighted by Gasteiger charge is 2.23. The predicted octanol–water partition coefficient (Wildman–Crippen LogP) is 0.895. The molecule has 0 bridgehead atoms. The molecule has 0 spiro atoms. The van der Waals surface area contributed by atoms with E-state index in [1.165, 1.54) is 24.7 Å². The zero-order valence-electron chi connectivity index (χ0n) is 14.2. The van der Waals surface area contributed by atoms with Gasteiger partial charge in [0.2, 0.25) is 17.7 Å². The molecule has 0 aliphatic heterocycles. The minimum Gasteiger partial charge on any atom is -0.358 e. The number of likely N-dealkylation sites (N-methyl/N-ethyl adjacent to an activating group) is 1. The Balaban J connectivity index is 2.16. The van der Waals surface area contributed by atoms with Crippen molar-refractivity contribution in [2.24, 2.45) is 5.92 Å². The lowest BCUT2D eigenvalue weighted by atomic mass is 9.93. The van der Waals surface area contributed by atoms with E-state index >= 15 is 0 Å². The number of hydrogen-bond acceptors (Lipinski definition) is 4. The van der Waals surface area contributed by atoms with Gasteiger partial charge in [-0.15, -0.1) is 0 Å². The SMILES string of the molecule is CNC(=O)CNC(=O)C(CC(=O)NO)Cc1ccc2cc(F)ccc2c1. The monoisotopic (exact) mass is 361 g/mol. The number of amides is 3. The van der Waals surface area contributed by atoms with Gasteiger partial charge in [-0.1, -0.05) is 24.3 Å². The van der Waals surface area contributed by atoms with Crippen molar-refractivity contribution in [1.29, 1.82) is 0 Å². The molecule has 1 unspecified atom stereocenters. The van der Waals surface area contributed by atoms with E-state index in [-0.39, 0.29) is 31.1 Å². The van der Waals surface area contributed by atoms with E-state index < -0.39 is 17.7 Å². The second-order valence-electron chi connectivity index (χ2n) is 5.86. The molecule has 0 aromatic heterocycles. The summed E-state index contributed by atoms with van der Waals surface area (Å²) in [6.45, 7) is -0.205. The van der Waals surface area contributed by atoms with Crippen LogP contribution in [0.25, 0.3) is 10.8 Å². The lowest BCUT2D eigenvalue weighted by Crippen LogP contribution is -2.40. The average molecular weight is 361 g/mol. The number of nitrogens with one attached hydrogen (secondary N) is 3. The summed E-state index contributed by atoms with van der Waals surface area (Å²) in [4.78, 5) is 35.1. The molecule has 26 heavy (non-hydrogen) atoms. The molecule has 8 heteroatoms. The van der Waals surface area contributed by atoms with Gasteiger partial charge in [0.15, 0.2) is 0 Å². The van der Waals surface area contributed by atoms with Gasteiger partial charge in [-0.3, -0.25) is 19.6 Å². The first-order chi connectivity index (χ1) is 12.4. The third-order valence-electron chi connectivity index (χ3n) is 3.98. The van der Waals surface area contributed by atoms with E-state index in [1.807, 2.05) is 6.07 Å². The van der Waals surface area contributed by atoms with Crippen molar-refractivity contribution in [3.05, 3.63) is 47.8 Å². The molecule has 2 aromatic carbocycles. The summed E-state index contributed by atoms with van der Waals surface area (Å²) in [5, 5.41) is 15.1. The Morgan fingerprint density at radius 2 is 1.77 bits per heavy atom. The third-order valence-corrected chi connectivity index (χ3v) is 3.98. The van der Waals surface area contributed by atoms with E-state index in [2.05, 4.69) is 10.6 Å². The summed E-state index contributed by atoms with van der Waals surface area (Å²) in [7, 11) is 1.45. The molecular weight excluding hydrogens is 341 g/mol. The highest BCUT2D eigenvalue weighted by Crippen LogP contribution is 2.20. The Morgan fingerprint density at radius 3 is 2.46 bits per heavy atom. The van der Waals surface area contributed by atoms with Gasteiger partial charge in [-0.2, -0.15) is 0 Å². The van der Waals surface area contributed by atoms with Crippen molar-refractivity contribution >= 4 is 28.5 Å². The second kappa shape index (κ2) is 8.91. The molecule has 3 amide bonds. The van der Waals surface area contributed by atoms with Crippen LogP contribution in [0, 0.1) is 11.7 Å². The summed E-state index contributed by atoms with van der Waals surface area (Å²) in [5.74, 6) is -2.65. The molecule has 138 valence electrons. The van der Waals surface area contributed by atoms with Crippen LogP contribution in [0.5, 0.6) is 0 Å². The van der Waals surface area contributed by atoms with Crippen molar-refractivity contribution in [1.82, 2.24) is 16.1 Å². The molecule has 2 aromatic rings. The van der Waals surface area contributed by atoms with Gasteiger partial charge in [0.25, 0.3) is 0 Å². The van der Waals surface area contributed by atoms with Gasteiger partial charge in [-0.25, -0.2) is 9.87 Å². The molecule has 0 saturated carbocycles. The molecule has 0 heterocycles. The maximum atomic E-state index is 13.3. The maximum Gasteiger partial charge on any atom is 0.244 e. The first-order valence-corrected chi connectivity index (χ1v) is 8.02. The van der Waals surface area contributed by atoms with Crippen LogP contribution in [0.3, 0.4) is 0 Å². The molecule has 7 nitrogen and oxygen atoms in total. The summed E-state index contributed by atoms with van der Waals surface area (Å²) < 4.78 is 13.3. The zero-order valence-corrected chi connectivity index (χ0v) is 14.2. The van der Waals surface area contributed by atoms with Crippen LogP contribution in [-0.4, -0.2) is 36.5 Å². The van der Waals surface area contributed by atoms with Crippen molar-refractivity contribution < 1.29 is 24.0 Å². The lowest BCUT2D eigenvalue weighted by molar-refractivity contribution is -0.135. The maximum absolute atomic E-state index is 13.3. The molecule has 0 saturated heterocycles. The van der Waals surface area contributed by atoms with E-state index in [4.69, 9.17) is 5.21 Å². The van der Waals surface area contributed by atoms with Gasteiger partial charge in [0.1, 0.15) is 5.82 Å². The minimum atomic E-state index is -0.773. The predicted molar refractivity (Wildman–Crippen MR) is 92.7 cm³/mol. The van der Waals surface area contributed by atoms with Crippen molar-refractivity contribution in [3.63, 3.8) is 0 Å². The number of hydrogen-bond donors (Lipinski definition) is 4. The number of benzene rings is 2. The Kier molecular flexibility index (Phi) is 6.62. The number of rotatable bonds is 7. The smallest absolute Gasteiger partial charge is 0.244 e. The summed E-state index contributed by atoms with van der Waals surface area (Å²) in [5.41, 5.74) is 2.28. The van der Waals surface area contributed by atoms with Crippen LogP contribution in [-0.2, 0) is 20.8 Å².